The Bertz CT molecular complexity index is 1660. The van der Waals surface area contributed by atoms with Crippen molar-refractivity contribution in [2.75, 3.05) is 6.61 Å². The van der Waals surface area contributed by atoms with Gasteiger partial charge in [0.1, 0.15) is 23.8 Å². The van der Waals surface area contributed by atoms with Crippen molar-refractivity contribution >= 4 is 180 Å². The fourth-order valence-electron chi connectivity index (χ4n) is 9.08. The molecule has 320 valence electrons. The number of Topliss-reactive ketones (excluding diaryl/α,β-unsaturated/α-hetero) is 1. The lowest BCUT2D eigenvalue weighted by atomic mass is 9.45. The summed E-state index contributed by atoms with van der Waals surface area (Å²) >= 11 is 0. The van der Waals surface area contributed by atoms with E-state index in [2.05, 4.69) is 126 Å². The van der Waals surface area contributed by atoms with E-state index in [0.29, 0.717) is 18.4 Å². The molecule has 0 spiro atoms. The zero-order chi connectivity index (χ0) is 42.5. The molecule has 57 heavy (non-hydrogen) atoms. The monoisotopic (exact) mass is 1150 g/mol. The highest BCUT2D eigenvalue weighted by molar-refractivity contribution is 9.19. The Hall–Kier alpha value is 5.89. The summed E-state index contributed by atoms with van der Waals surface area (Å²) in [7, 11) is 31.5. The van der Waals surface area contributed by atoms with Crippen LogP contribution in [-0.4, -0.2) is 48.2 Å². The predicted octanol–water partition coefficient (Wildman–Crippen LogP) is 15.5. The van der Waals surface area contributed by atoms with Gasteiger partial charge >= 0.3 is 11.9 Å². The fraction of sp³-hybridized carbons (Fsp3) is 0.621. The number of carbonyl (C=O) groups is 3. The number of rotatable bonds is 14. The summed E-state index contributed by atoms with van der Waals surface area (Å²) in [5, 5.41) is 0. The largest absolute Gasteiger partial charge is 0.468 e. The van der Waals surface area contributed by atoms with Crippen LogP contribution in [0.3, 0.4) is 0 Å². The molecule has 16 unspecified atom stereocenters. The quantitative estimate of drug-likeness (QED) is 0.134. The number of benzene rings is 1. The van der Waals surface area contributed by atoms with Gasteiger partial charge in [-0.05, 0) is 65.0 Å². The number of esters is 2. The van der Waals surface area contributed by atoms with E-state index in [9.17, 15) is 9.59 Å². The zero-order valence-electron chi connectivity index (χ0n) is 32.3. The van der Waals surface area contributed by atoms with E-state index in [1.54, 1.807) is 12.1 Å². The van der Waals surface area contributed by atoms with Crippen molar-refractivity contribution in [3.8, 4) is 0 Å². The Balaban J connectivity index is 1.77. The smallest absolute Gasteiger partial charge is 0.338 e. The van der Waals surface area contributed by atoms with Crippen molar-refractivity contribution in [1.82, 2.24) is 0 Å². The van der Waals surface area contributed by atoms with Gasteiger partial charge in [-0.15, -0.1) is 89.3 Å². The van der Waals surface area contributed by atoms with Gasteiger partial charge in [-0.25, -0.2) is 4.79 Å². The van der Waals surface area contributed by atoms with Crippen molar-refractivity contribution in [1.29, 1.82) is 0 Å². The molecule has 1 aromatic carbocycles. The molecule has 21 atom stereocenters. The maximum Gasteiger partial charge on any atom is 0.338 e. The number of ether oxygens (including phenoxy) is 3. The van der Waals surface area contributed by atoms with Crippen LogP contribution in [-0.2, 0) is 32.8 Å². The highest BCUT2D eigenvalue weighted by atomic mass is 33.2. The number of fused-ring (bicyclic) bond motifs is 5. The Morgan fingerprint density at radius 1 is 0.842 bits per heavy atom. The third kappa shape index (κ3) is 11.7. The minimum atomic E-state index is -1.13. The average Bonchev–Trinajstić information content (AvgIpc) is 3.09. The molecule has 0 radical (unpaired) electrons. The molecule has 0 aromatic heterocycles. The second-order valence-corrected chi connectivity index (χ2v) is 87.7. The lowest BCUT2D eigenvalue weighted by Gasteiger charge is -2.67. The van der Waals surface area contributed by atoms with Gasteiger partial charge in [0.05, 0.1) is 25.8 Å². The molecule has 1 saturated heterocycles. The van der Waals surface area contributed by atoms with Crippen molar-refractivity contribution in [3.05, 3.63) is 47.2 Å². The molecule has 5 rings (SSSR count). The third-order valence-corrected chi connectivity index (χ3v) is 105. The molecule has 4 aliphatic rings. The zero-order valence-corrected chi connectivity index (χ0v) is 53.1. The average molecular weight is 1150 g/mol. The lowest BCUT2D eigenvalue weighted by Crippen LogP contribution is -2.77. The summed E-state index contributed by atoms with van der Waals surface area (Å²) in [6.07, 6.45) is -0.589. The van der Waals surface area contributed by atoms with Gasteiger partial charge in [-0.2, -0.15) is 0 Å². The van der Waals surface area contributed by atoms with Crippen molar-refractivity contribution in [2.45, 2.75) is 77.8 Å². The first-order chi connectivity index (χ1) is 26.5. The van der Waals surface area contributed by atoms with Gasteiger partial charge in [0.2, 0.25) is 0 Å². The lowest BCUT2D eigenvalue weighted by molar-refractivity contribution is -0.338. The van der Waals surface area contributed by atoms with Crippen LogP contribution in [0.4, 0.5) is 0 Å². The van der Waals surface area contributed by atoms with Crippen molar-refractivity contribution < 1.29 is 37.6 Å². The first-order valence-corrected chi connectivity index (χ1v) is 52.2. The topological polar surface area (TPSA) is 97.4 Å². The standard InChI is InChI=1S/C29H56O8P20/c1-15-20(36-50(56(48)53(42)43)57(54(44)45)55(46)47)11-18-24(34-26(32)17-9-7-6-8-10-17)25-28(5,13-19(31)23(15)27(18,3)4)21(37-49(51(38)39)52(40)41)12-22-29(25,14-33-22)35-16(2)30/h6-10,18,21-25H,11-14,38-48H2,1-5H3/t18?,21-,22+,23?,24+,25?,28+,29-,50?,56?/m0/s1. The third-order valence-electron chi connectivity index (χ3n) is 11.4. The molecule has 1 aliphatic heterocycles. The van der Waals surface area contributed by atoms with Gasteiger partial charge in [0.25, 0.3) is 0 Å². The molecular formula is C29H56O8P20. The van der Waals surface area contributed by atoms with Crippen LogP contribution in [0, 0.1) is 28.6 Å². The van der Waals surface area contributed by atoms with Crippen molar-refractivity contribution in [2.24, 2.45) is 28.6 Å². The van der Waals surface area contributed by atoms with Crippen molar-refractivity contribution in [3.63, 3.8) is 0 Å². The molecule has 28 heteroatoms. The molecule has 3 fully saturated rings. The van der Waals surface area contributed by atoms with Crippen LogP contribution < -0.4 is 0 Å². The van der Waals surface area contributed by atoms with Crippen LogP contribution in [0.15, 0.2) is 41.7 Å². The molecule has 1 heterocycles. The Kier molecular flexibility index (Phi) is 21.3. The highest BCUT2D eigenvalue weighted by Gasteiger charge is 2.74. The van der Waals surface area contributed by atoms with E-state index in [-0.39, 0.29) is 24.7 Å². The number of carbonyl (C=O) groups excluding carboxylic acids is 3. The van der Waals surface area contributed by atoms with Gasteiger partial charge in [-0.1, -0.05) is 47.9 Å². The molecule has 2 saturated carbocycles. The minimum absolute atomic E-state index is 0.119. The maximum atomic E-state index is 15.5. The summed E-state index contributed by atoms with van der Waals surface area (Å²) in [4.78, 5) is 43.2. The fourth-order valence-corrected chi connectivity index (χ4v) is 137. The summed E-state index contributed by atoms with van der Waals surface area (Å²) in [5.74, 6) is -1.38. The maximum absolute atomic E-state index is 15.5. The van der Waals surface area contributed by atoms with E-state index in [4.69, 9.17) is 23.3 Å². The summed E-state index contributed by atoms with van der Waals surface area (Å²) in [5.41, 5.74) is -1.24. The van der Waals surface area contributed by atoms with E-state index in [1.807, 2.05) is 18.2 Å². The second-order valence-electron chi connectivity index (χ2n) is 15.3. The Labute approximate surface area is 375 Å². The number of allylic oxidation sites excluding steroid dienone is 2. The first-order valence-electron chi connectivity index (χ1n) is 17.6. The number of ketones is 1. The normalized spacial score (nSPS) is 32.2. The van der Waals surface area contributed by atoms with E-state index in [1.165, 1.54) is 6.92 Å². The summed E-state index contributed by atoms with van der Waals surface area (Å²) in [6, 6.07) is 9.09. The summed E-state index contributed by atoms with van der Waals surface area (Å²) in [6.45, 7) is 6.43. The molecular weight excluding hydrogens is 1100 g/mol. The Morgan fingerprint density at radius 2 is 1.44 bits per heavy atom. The molecule has 3 aliphatic carbocycles. The molecule has 1 aromatic rings. The van der Waals surface area contributed by atoms with E-state index < -0.39 is 122 Å². The minimum Gasteiger partial charge on any atom is -0.468 e. The van der Waals surface area contributed by atoms with E-state index in [0.717, 1.165) is 11.3 Å². The summed E-state index contributed by atoms with van der Waals surface area (Å²) < 4.78 is 34.6. The molecule has 8 nitrogen and oxygen atoms in total. The molecule has 0 N–H and O–H groups in total. The predicted molar refractivity (Wildman–Crippen MR) is 299 cm³/mol. The van der Waals surface area contributed by atoms with Crippen LogP contribution in [0.2, 0.25) is 0 Å². The van der Waals surface area contributed by atoms with Crippen LogP contribution >= 0.6 is 162 Å². The molecule has 0 amide bonds. The number of hydrogen-bond acceptors (Lipinski definition) is 8. The van der Waals surface area contributed by atoms with Crippen LogP contribution in [0.5, 0.6) is 0 Å². The van der Waals surface area contributed by atoms with Gasteiger partial charge in [-0.3, -0.25) is 9.59 Å². The van der Waals surface area contributed by atoms with Crippen LogP contribution in [0.1, 0.15) is 64.2 Å². The highest BCUT2D eigenvalue weighted by Crippen LogP contribution is 3.18. The molecule has 2 bridgehead atoms. The van der Waals surface area contributed by atoms with E-state index >= 15 is 4.79 Å². The van der Waals surface area contributed by atoms with Crippen LogP contribution in [0.25, 0.3) is 0 Å². The second kappa shape index (κ2) is 22.5. The number of hydrogen-bond donors (Lipinski definition) is 0. The van der Waals surface area contributed by atoms with Gasteiger partial charge < -0.3 is 23.3 Å². The SMILES string of the molecule is CC(=O)O[C@@]12CO[C@@H]1C[C@H](OP(P(P)P)P(P)P)[C@@]1(C)CC(=O)C3C(C)=C(OP(P(P)P(P)P)P(P(P)P)P(P)P)CC([C@@H](OC(=O)c4ccccc4)C12)C3(C)C. The van der Waals surface area contributed by atoms with Gasteiger partial charge in [0, 0.05) is 63.3 Å². The Morgan fingerprint density at radius 3 is 1.93 bits per heavy atom. The van der Waals surface area contributed by atoms with Gasteiger partial charge in [0.15, 0.2) is 13.1 Å². The first kappa shape index (κ1) is 53.8.